The lowest BCUT2D eigenvalue weighted by atomic mass is 10.00. The van der Waals surface area contributed by atoms with Crippen LogP contribution in [0.25, 0.3) is 10.9 Å². The summed E-state index contributed by atoms with van der Waals surface area (Å²) in [6.45, 7) is 2.33. The number of nitrogens with zero attached hydrogens (tertiary/aromatic N) is 3. The number of pyridine rings is 1. The molecule has 24 heavy (non-hydrogen) atoms. The Hall–Kier alpha value is -2.67. The number of Topliss-reactive ketones (excluding diaryl/α,β-unsaturated/α-hetero) is 1. The fourth-order valence-electron chi connectivity index (χ4n) is 3.23. The molecule has 0 aliphatic carbocycles. The highest BCUT2D eigenvalue weighted by Gasteiger charge is 2.47. The lowest BCUT2D eigenvalue weighted by Gasteiger charge is -2.48. The molecule has 126 valence electrons. The number of ketones is 1. The minimum Gasteiger partial charge on any atom is -0.465 e. The average Bonchev–Trinajstić information content (AvgIpc) is 2.60. The predicted molar refractivity (Wildman–Crippen MR) is 91.2 cm³/mol. The summed E-state index contributed by atoms with van der Waals surface area (Å²) in [5.41, 5.74) is -0.397. The molecule has 0 saturated carbocycles. The molecule has 1 saturated heterocycles. The van der Waals surface area contributed by atoms with Crippen molar-refractivity contribution in [3.05, 3.63) is 36.4 Å². The van der Waals surface area contributed by atoms with Crippen LogP contribution < -0.4 is 10.2 Å². The molecule has 1 atom stereocenters. The summed E-state index contributed by atoms with van der Waals surface area (Å²) in [6.07, 6.45) is -1.11. The van der Waals surface area contributed by atoms with Gasteiger partial charge in [0.1, 0.15) is 5.82 Å². The Balaban J connectivity index is 1.97. The third kappa shape index (κ3) is 2.56. The van der Waals surface area contributed by atoms with E-state index in [1.165, 1.54) is 11.8 Å². The van der Waals surface area contributed by atoms with Crippen molar-refractivity contribution in [1.82, 2.24) is 15.2 Å². The van der Waals surface area contributed by atoms with Crippen LogP contribution in [0.1, 0.15) is 6.92 Å². The third-order valence-electron chi connectivity index (χ3n) is 4.61. The molecule has 0 bridgehead atoms. The van der Waals surface area contributed by atoms with Gasteiger partial charge in [-0.2, -0.15) is 0 Å². The number of anilines is 1. The number of amides is 1. The molecule has 2 heterocycles. The third-order valence-corrected chi connectivity index (χ3v) is 4.61. The lowest BCUT2D eigenvalue weighted by Crippen LogP contribution is -2.73. The topological polar surface area (TPSA) is 85.8 Å². The number of likely N-dealkylation sites (N-methyl/N-ethyl adjacent to an activating group) is 1. The van der Waals surface area contributed by atoms with Crippen LogP contribution in [-0.4, -0.2) is 59.2 Å². The van der Waals surface area contributed by atoms with Crippen molar-refractivity contribution in [1.29, 1.82) is 0 Å². The molecule has 1 amide bonds. The summed E-state index contributed by atoms with van der Waals surface area (Å²) >= 11 is 0. The summed E-state index contributed by atoms with van der Waals surface area (Å²) in [5, 5.41) is 13.4. The van der Waals surface area contributed by atoms with Gasteiger partial charge in [-0.1, -0.05) is 18.2 Å². The fourth-order valence-corrected chi connectivity index (χ4v) is 3.23. The van der Waals surface area contributed by atoms with Crippen molar-refractivity contribution >= 4 is 28.6 Å². The Labute approximate surface area is 139 Å². The number of para-hydroxylation sites is 1. The Morgan fingerprint density at radius 3 is 2.62 bits per heavy atom. The summed E-state index contributed by atoms with van der Waals surface area (Å²) in [6, 6.07) is 11.7. The molecule has 3 rings (SSSR count). The van der Waals surface area contributed by atoms with E-state index in [9.17, 15) is 14.7 Å². The van der Waals surface area contributed by atoms with Gasteiger partial charge < -0.3 is 10.0 Å². The maximum absolute atomic E-state index is 12.2. The van der Waals surface area contributed by atoms with Crippen LogP contribution in [0, 0.1) is 0 Å². The molecule has 1 fully saturated rings. The first-order valence-electron chi connectivity index (χ1n) is 7.79. The van der Waals surface area contributed by atoms with Crippen molar-refractivity contribution in [3.8, 4) is 0 Å². The standard InChI is InChI=1S/C17H20N4O3/c1-12(22)17(18-2)11-20(9-10-21(17)16(23)24)15-8-7-13-5-3-4-6-14(13)19-15/h3-8,18H,9-11H2,1-2H3,(H,23,24). The first-order valence-corrected chi connectivity index (χ1v) is 7.79. The largest absolute Gasteiger partial charge is 0.465 e. The zero-order valence-corrected chi connectivity index (χ0v) is 13.7. The summed E-state index contributed by atoms with van der Waals surface area (Å²) in [5.74, 6) is 0.498. The van der Waals surface area contributed by atoms with E-state index in [-0.39, 0.29) is 18.9 Å². The molecular formula is C17H20N4O3. The van der Waals surface area contributed by atoms with Gasteiger partial charge >= 0.3 is 6.09 Å². The van der Waals surface area contributed by atoms with Crippen LogP contribution in [0.4, 0.5) is 10.6 Å². The average molecular weight is 328 g/mol. The minimum absolute atomic E-state index is 0.219. The molecule has 1 aliphatic rings. The van der Waals surface area contributed by atoms with Gasteiger partial charge in [0.15, 0.2) is 11.4 Å². The second-order valence-corrected chi connectivity index (χ2v) is 5.88. The molecule has 1 aromatic carbocycles. The first kappa shape index (κ1) is 16.2. The van der Waals surface area contributed by atoms with Crippen LogP contribution in [0.5, 0.6) is 0 Å². The monoisotopic (exact) mass is 328 g/mol. The lowest BCUT2D eigenvalue weighted by molar-refractivity contribution is -0.130. The SMILES string of the molecule is CNC1(C(C)=O)CN(c2ccc3ccccc3n2)CCN1C(=O)O. The summed E-state index contributed by atoms with van der Waals surface area (Å²) in [4.78, 5) is 31.6. The number of hydrogen-bond acceptors (Lipinski definition) is 5. The highest BCUT2D eigenvalue weighted by Crippen LogP contribution is 2.25. The van der Waals surface area contributed by atoms with E-state index in [2.05, 4.69) is 10.3 Å². The number of aromatic nitrogens is 1. The number of piperazine rings is 1. The van der Waals surface area contributed by atoms with Crippen molar-refractivity contribution in [2.75, 3.05) is 31.6 Å². The van der Waals surface area contributed by atoms with Gasteiger partial charge in [-0.05, 0) is 32.2 Å². The maximum atomic E-state index is 12.2. The maximum Gasteiger partial charge on any atom is 0.409 e. The molecule has 1 unspecified atom stereocenters. The molecule has 7 nitrogen and oxygen atoms in total. The highest BCUT2D eigenvalue weighted by molar-refractivity contribution is 5.90. The number of rotatable bonds is 3. The molecule has 2 aromatic rings. The minimum atomic E-state index is -1.27. The van der Waals surface area contributed by atoms with E-state index >= 15 is 0 Å². The molecule has 2 N–H and O–H groups in total. The smallest absolute Gasteiger partial charge is 0.409 e. The highest BCUT2D eigenvalue weighted by atomic mass is 16.4. The van der Waals surface area contributed by atoms with Crippen LogP contribution >= 0.6 is 0 Å². The van der Waals surface area contributed by atoms with Gasteiger partial charge in [-0.25, -0.2) is 9.78 Å². The van der Waals surface area contributed by atoms with E-state index in [4.69, 9.17) is 0 Å². The number of hydrogen-bond donors (Lipinski definition) is 2. The molecule has 1 aliphatic heterocycles. The van der Waals surface area contributed by atoms with Gasteiger partial charge in [0.05, 0.1) is 12.1 Å². The predicted octanol–water partition coefficient (Wildman–Crippen LogP) is 1.54. The van der Waals surface area contributed by atoms with E-state index in [1.54, 1.807) is 7.05 Å². The zero-order valence-electron chi connectivity index (χ0n) is 13.7. The van der Waals surface area contributed by atoms with Crippen molar-refractivity contribution in [2.45, 2.75) is 12.6 Å². The van der Waals surface area contributed by atoms with E-state index in [1.807, 2.05) is 41.3 Å². The summed E-state index contributed by atoms with van der Waals surface area (Å²) < 4.78 is 0. The van der Waals surface area contributed by atoms with Crippen LogP contribution in [-0.2, 0) is 4.79 Å². The van der Waals surface area contributed by atoms with Crippen LogP contribution in [0.3, 0.4) is 0 Å². The fraction of sp³-hybridized carbons (Fsp3) is 0.353. The number of nitrogens with one attached hydrogen (secondary N) is 1. The Morgan fingerprint density at radius 2 is 1.96 bits per heavy atom. The quantitative estimate of drug-likeness (QED) is 0.889. The first-order chi connectivity index (χ1) is 11.5. The number of carbonyl (C=O) groups is 2. The van der Waals surface area contributed by atoms with Crippen molar-refractivity contribution < 1.29 is 14.7 Å². The van der Waals surface area contributed by atoms with Crippen LogP contribution in [0.15, 0.2) is 36.4 Å². The number of fused-ring (bicyclic) bond motifs is 1. The van der Waals surface area contributed by atoms with Gasteiger partial charge in [0, 0.05) is 18.5 Å². The van der Waals surface area contributed by atoms with E-state index < -0.39 is 11.8 Å². The van der Waals surface area contributed by atoms with Crippen molar-refractivity contribution in [2.24, 2.45) is 0 Å². The normalized spacial score (nSPS) is 21.1. The molecule has 1 aromatic heterocycles. The van der Waals surface area contributed by atoms with Crippen LogP contribution in [0.2, 0.25) is 0 Å². The van der Waals surface area contributed by atoms with Gasteiger partial charge in [0.2, 0.25) is 0 Å². The summed E-state index contributed by atoms with van der Waals surface area (Å²) in [7, 11) is 1.61. The van der Waals surface area contributed by atoms with E-state index in [0.717, 1.165) is 16.7 Å². The number of benzene rings is 1. The molecule has 0 radical (unpaired) electrons. The molecule has 0 spiro atoms. The second kappa shape index (κ2) is 6.09. The second-order valence-electron chi connectivity index (χ2n) is 5.88. The molecular weight excluding hydrogens is 308 g/mol. The number of carboxylic acid groups (broad SMARTS) is 1. The zero-order chi connectivity index (χ0) is 17.3. The Morgan fingerprint density at radius 1 is 1.21 bits per heavy atom. The van der Waals surface area contributed by atoms with E-state index in [0.29, 0.717) is 6.54 Å². The Bertz CT molecular complexity index is 794. The van der Waals surface area contributed by atoms with Gasteiger partial charge in [-0.3, -0.25) is 15.0 Å². The molecule has 7 heteroatoms. The van der Waals surface area contributed by atoms with Crippen molar-refractivity contribution in [3.63, 3.8) is 0 Å². The van der Waals surface area contributed by atoms with Gasteiger partial charge in [0.25, 0.3) is 0 Å². The van der Waals surface area contributed by atoms with Gasteiger partial charge in [-0.15, -0.1) is 0 Å². The number of carbonyl (C=O) groups excluding carboxylic acids is 1. The Kier molecular flexibility index (Phi) is 4.11.